The van der Waals surface area contributed by atoms with Crippen LogP contribution in [0.15, 0.2) is 46.4 Å². The highest BCUT2D eigenvalue weighted by atomic mass is 32.2. The number of benzene rings is 2. The fraction of sp³-hybridized carbons (Fsp3) is 0.316. The summed E-state index contributed by atoms with van der Waals surface area (Å²) in [5.74, 6) is 0.670. The Hall–Kier alpha value is -3.34. The third-order valence-corrected chi connectivity index (χ3v) is 4.89. The van der Waals surface area contributed by atoms with E-state index in [0.717, 1.165) is 6.21 Å². The van der Waals surface area contributed by atoms with E-state index in [9.17, 15) is 18.5 Å². The van der Waals surface area contributed by atoms with Crippen molar-refractivity contribution >= 4 is 21.9 Å². The van der Waals surface area contributed by atoms with E-state index in [-0.39, 0.29) is 40.4 Å². The van der Waals surface area contributed by atoms with E-state index in [2.05, 4.69) is 9.93 Å². The lowest BCUT2D eigenvalue weighted by Gasteiger charge is -2.11. The molecule has 0 unspecified atom stereocenters. The number of nitro benzene ring substituents is 1. The zero-order chi connectivity index (χ0) is 22.3. The van der Waals surface area contributed by atoms with Gasteiger partial charge in [-0.2, -0.15) is 13.5 Å². The van der Waals surface area contributed by atoms with Gasteiger partial charge in [0.2, 0.25) is 5.75 Å². The first-order chi connectivity index (χ1) is 14.2. The Labute approximate surface area is 174 Å². The first kappa shape index (κ1) is 22.9. The Balaban J connectivity index is 2.23. The van der Waals surface area contributed by atoms with Crippen molar-refractivity contribution in [2.45, 2.75) is 31.8 Å². The molecule has 0 radical (unpaired) electrons. The van der Waals surface area contributed by atoms with Crippen molar-refractivity contribution in [3.05, 3.63) is 52.1 Å². The number of hydrogen-bond acceptors (Lipinski definition) is 8. The van der Waals surface area contributed by atoms with Crippen molar-refractivity contribution < 1.29 is 27.6 Å². The summed E-state index contributed by atoms with van der Waals surface area (Å²) in [6.45, 7) is 5.63. The monoisotopic (exact) mass is 437 g/mol. The second-order valence-electron chi connectivity index (χ2n) is 6.25. The van der Waals surface area contributed by atoms with Crippen LogP contribution >= 0.6 is 0 Å². The topological polar surface area (TPSA) is 129 Å². The average Bonchev–Trinajstić information content (AvgIpc) is 2.68. The summed E-state index contributed by atoms with van der Waals surface area (Å²) < 4.78 is 40.7. The summed E-state index contributed by atoms with van der Waals surface area (Å²) in [4.78, 5) is 12.8. The summed E-state index contributed by atoms with van der Waals surface area (Å²) in [7, 11) is -2.58. The van der Waals surface area contributed by atoms with Gasteiger partial charge in [0.25, 0.3) is 10.0 Å². The maximum absolute atomic E-state index is 12.4. The van der Waals surface area contributed by atoms with E-state index in [4.69, 9.17) is 14.2 Å². The van der Waals surface area contributed by atoms with Gasteiger partial charge < -0.3 is 14.2 Å². The number of rotatable bonds is 10. The van der Waals surface area contributed by atoms with Crippen molar-refractivity contribution in [3.63, 3.8) is 0 Å². The fourth-order valence-electron chi connectivity index (χ4n) is 2.45. The lowest BCUT2D eigenvalue weighted by molar-refractivity contribution is -0.385. The zero-order valence-electron chi connectivity index (χ0n) is 17.0. The summed E-state index contributed by atoms with van der Waals surface area (Å²) in [6, 6.07) is 8.52. The number of ether oxygens (including phenoxy) is 3. The predicted molar refractivity (Wildman–Crippen MR) is 111 cm³/mol. The number of nitrogens with zero attached hydrogens (tertiary/aromatic N) is 2. The molecule has 0 heterocycles. The van der Waals surface area contributed by atoms with Crippen LogP contribution in [0, 0.1) is 10.1 Å². The quantitative estimate of drug-likeness (QED) is 0.343. The van der Waals surface area contributed by atoms with Crippen LogP contribution in [0.2, 0.25) is 0 Å². The largest absolute Gasteiger partial charge is 0.493 e. The summed E-state index contributed by atoms with van der Waals surface area (Å²) >= 11 is 0. The van der Waals surface area contributed by atoms with Crippen LogP contribution in [-0.2, 0) is 10.0 Å². The Morgan fingerprint density at radius 3 is 2.43 bits per heavy atom. The van der Waals surface area contributed by atoms with Crippen LogP contribution in [0.1, 0.15) is 26.3 Å². The molecule has 0 aliphatic heterocycles. The van der Waals surface area contributed by atoms with Crippen LogP contribution in [0.5, 0.6) is 17.2 Å². The molecular weight excluding hydrogens is 414 g/mol. The molecule has 10 nitrogen and oxygen atoms in total. The molecule has 0 fully saturated rings. The molecule has 0 aliphatic carbocycles. The maximum atomic E-state index is 12.4. The SMILES string of the molecule is CCOc1c(OC)cc(/C=N/NS(=O)(=O)c2ccc(OC(C)C)cc2)cc1[N+](=O)[O-]. The molecule has 0 amide bonds. The second-order valence-corrected chi connectivity index (χ2v) is 7.91. The minimum absolute atomic E-state index is 0.00793. The number of sulfonamides is 1. The van der Waals surface area contributed by atoms with Crippen molar-refractivity contribution in [3.8, 4) is 17.2 Å². The van der Waals surface area contributed by atoms with E-state index in [1.165, 1.54) is 31.4 Å². The molecule has 0 aromatic heterocycles. The molecule has 0 spiro atoms. The Morgan fingerprint density at radius 2 is 1.90 bits per heavy atom. The normalized spacial score (nSPS) is 11.5. The van der Waals surface area contributed by atoms with Crippen LogP contribution in [0.25, 0.3) is 0 Å². The molecule has 2 aromatic rings. The first-order valence-corrected chi connectivity index (χ1v) is 10.5. The second kappa shape index (κ2) is 9.92. The lowest BCUT2D eigenvalue weighted by atomic mass is 10.2. The molecule has 2 aromatic carbocycles. The van der Waals surface area contributed by atoms with Gasteiger partial charge in [-0.05, 0) is 51.1 Å². The standard InChI is InChI=1S/C19H23N3O7S/c1-5-28-19-17(22(23)24)10-14(11-18(19)27-4)12-20-21-30(25,26)16-8-6-15(7-9-16)29-13(2)3/h6-13,21H,5H2,1-4H3/b20-12+. The van der Waals surface area contributed by atoms with Crippen molar-refractivity contribution in [2.24, 2.45) is 5.10 Å². The zero-order valence-corrected chi connectivity index (χ0v) is 17.8. The summed E-state index contributed by atoms with van der Waals surface area (Å²) in [6.07, 6.45) is 1.10. The van der Waals surface area contributed by atoms with Gasteiger partial charge in [-0.3, -0.25) is 10.1 Å². The van der Waals surface area contributed by atoms with Gasteiger partial charge in [-0.25, -0.2) is 4.83 Å². The third kappa shape index (κ3) is 5.83. The Kier molecular flexibility index (Phi) is 7.59. The number of methoxy groups -OCH3 is 1. The van der Waals surface area contributed by atoms with Crippen molar-refractivity contribution in [2.75, 3.05) is 13.7 Å². The molecule has 11 heteroatoms. The van der Waals surface area contributed by atoms with E-state index >= 15 is 0 Å². The average molecular weight is 437 g/mol. The molecule has 0 atom stereocenters. The number of nitro groups is 1. The smallest absolute Gasteiger partial charge is 0.315 e. The van der Waals surface area contributed by atoms with Crippen LogP contribution < -0.4 is 19.0 Å². The lowest BCUT2D eigenvalue weighted by Crippen LogP contribution is -2.18. The molecule has 1 N–H and O–H groups in total. The molecule has 0 bridgehead atoms. The van der Waals surface area contributed by atoms with E-state index in [1.54, 1.807) is 19.1 Å². The van der Waals surface area contributed by atoms with Crippen LogP contribution in [0.3, 0.4) is 0 Å². The molecule has 0 saturated heterocycles. The van der Waals surface area contributed by atoms with E-state index < -0.39 is 14.9 Å². The number of hydrogen-bond donors (Lipinski definition) is 1. The molecule has 30 heavy (non-hydrogen) atoms. The number of hydrazone groups is 1. The summed E-state index contributed by atoms with van der Waals surface area (Å²) in [5, 5.41) is 15.0. The third-order valence-electron chi connectivity index (χ3n) is 3.66. The van der Waals surface area contributed by atoms with Gasteiger partial charge in [0.05, 0.1) is 35.9 Å². The highest BCUT2D eigenvalue weighted by Gasteiger charge is 2.22. The molecule has 162 valence electrons. The van der Waals surface area contributed by atoms with Crippen LogP contribution in [0.4, 0.5) is 5.69 Å². The molecule has 0 saturated carbocycles. The summed E-state index contributed by atoms with van der Waals surface area (Å²) in [5.41, 5.74) is -0.0633. The van der Waals surface area contributed by atoms with E-state index in [0.29, 0.717) is 5.75 Å². The van der Waals surface area contributed by atoms with Gasteiger partial charge >= 0.3 is 5.69 Å². The van der Waals surface area contributed by atoms with Crippen molar-refractivity contribution in [1.29, 1.82) is 0 Å². The van der Waals surface area contributed by atoms with E-state index in [1.807, 2.05) is 13.8 Å². The highest BCUT2D eigenvalue weighted by Crippen LogP contribution is 2.37. The van der Waals surface area contributed by atoms with Crippen LogP contribution in [-0.4, -0.2) is 39.4 Å². The molecule has 2 rings (SSSR count). The number of nitrogens with one attached hydrogen (secondary N) is 1. The van der Waals surface area contributed by atoms with Gasteiger partial charge in [0.1, 0.15) is 5.75 Å². The minimum atomic E-state index is -3.93. The van der Waals surface area contributed by atoms with Gasteiger partial charge in [-0.15, -0.1) is 0 Å². The van der Waals surface area contributed by atoms with Gasteiger partial charge in [-0.1, -0.05) is 0 Å². The minimum Gasteiger partial charge on any atom is -0.493 e. The Morgan fingerprint density at radius 1 is 1.23 bits per heavy atom. The predicted octanol–water partition coefficient (Wildman–Crippen LogP) is 3.10. The maximum Gasteiger partial charge on any atom is 0.315 e. The first-order valence-electron chi connectivity index (χ1n) is 8.98. The highest BCUT2D eigenvalue weighted by molar-refractivity contribution is 7.89. The van der Waals surface area contributed by atoms with Gasteiger partial charge in [0.15, 0.2) is 5.75 Å². The molecule has 0 aliphatic rings. The Bertz CT molecular complexity index is 1020. The fourth-order valence-corrected chi connectivity index (χ4v) is 3.24. The van der Waals surface area contributed by atoms with Gasteiger partial charge in [0, 0.05) is 11.6 Å². The molecular formula is C19H23N3O7S. The van der Waals surface area contributed by atoms with Crippen molar-refractivity contribution in [1.82, 2.24) is 4.83 Å².